The molecule has 332 valence electrons. The predicted octanol–water partition coefficient (Wildman–Crippen LogP) is 8.97. The Morgan fingerprint density at radius 3 is 1.73 bits per heavy atom. The highest BCUT2D eigenvalue weighted by Gasteiger charge is 2.15. The van der Waals surface area contributed by atoms with Crippen molar-refractivity contribution >= 4 is 73.3 Å². The molecule has 0 unspecified atom stereocenters. The largest absolute Gasteiger partial charge is 0.546 e. The molecule has 60 heavy (non-hydrogen) atoms. The molecule has 0 aliphatic carbocycles. The Bertz CT molecular complexity index is 1760. The van der Waals surface area contributed by atoms with E-state index in [1.807, 2.05) is 55.6 Å². The number of nitro groups is 1. The highest BCUT2D eigenvalue weighted by Crippen LogP contribution is 2.35. The fourth-order valence-corrected chi connectivity index (χ4v) is 8.83. The third kappa shape index (κ3) is 22.8. The minimum Gasteiger partial charge on any atom is -0.453 e. The summed E-state index contributed by atoms with van der Waals surface area (Å²) in [5, 5.41) is 22.5. The van der Waals surface area contributed by atoms with Crippen LogP contribution >= 0.6 is 43.2 Å². The maximum atomic E-state index is 12.1. The molecule has 0 bridgehead atoms. The minimum atomic E-state index is -0.852. The molecule has 0 spiro atoms. The van der Waals surface area contributed by atoms with Crippen molar-refractivity contribution in [2.24, 2.45) is 0 Å². The Labute approximate surface area is 369 Å². The number of benzene rings is 3. The molecule has 2 N–H and O–H groups in total. The van der Waals surface area contributed by atoms with E-state index in [1.165, 1.54) is 48.3 Å². The number of carbonyl (C=O) groups is 3. The molecule has 3 aromatic carbocycles. The standard InChI is InChI=1S/C17H26N2O4S2.C17H17NO5S2.C6H14N2O2/c1-5-12-24-25-15-9-7-6-8-14(15)13-23-17(21)19(3)11-10-18(2)16(20)22-4;1-2-11-24-25-16-6-4-3-5-13(16)12-22-17(19)23-15-9-7-14(8-10-15)18(20)21;1-7-4-5-8(2)6(9)10-3/h6-9H,5,10-13H2,1-4H3;3-10H,2,11-12H2,1H3;7H,4-5H2,1-3H3/p+1. The lowest BCUT2D eigenvalue weighted by Gasteiger charge is -2.21. The lowest BCUT2D eigenvalue weighted by Crippen LogP contribution is -2.37. The second kappa shape index (κ2) is 32.3. The number of hydrogen-bond donors (Lipinski definition) is 2. The third-order valence-corrected chi connectivity index (χ3v) is 12.9. The Hall–Kier alpha value is -4.50. The summed E-state index contributed by atoms with van der Waals surface area (Å²) in [5.41, 5.74) is 1.82. The number of methoxy groups -OCH3 is 2. The van der Waals surface area contributed by atoms with Gasteiger partial charge in [-0.05, 0) is 44.2 Å². The number of likely N-dealkylation sites (N-methyl/N-ethyl adjacent to an activating group) is 4. The van der Waals surface area contributed by atoms with Gasteiger partial charge in [0.25, 0.3) is 5.69 Å². The van der Waals surface area contributed by atoms with E-state index in [4.69, 9.17) is 19.3 Å². The molecule has 0 saturated heterocycles. The van der Waals surface area contributed by atoms with Crippen molar-refractivity contribution in [3.63, 3.8) is 0 Å². The molecule has 3 rings (SSSR count). The molecule has 0 fully saturated rings. The van der Waals surface area contributed by atoms with Crippen LogP contribution in [0.25, 0.3) is 0 Å². The Kier molecular flexibility index (Phi) is 28.8. The highest BCUT2D eigenvalue weighted by atomic mass is 33.1. The monoisotopic (exact) mass is 912 g/mol. The maximum absolute atomic E-state index is 12.1. The fraction of sp³-hybridized carbons (Fsp3) is 0.450. The van der Waals surface area contributed by atoms with Gasteiger partial charge in [0, 0.05) is 71.7 Å². The number of non-ortho nitro benzene ring substituents is 1. The number of nitrogens with one attached hydrogen (secondary N) is 1. The summed E-state index contributed by atoms with van der Waals surface area (Å²) in [7, 11) is 16.5. The van der Waals surface area contributed by atoms with E-state index in [-0.39, 0.29) is 30.7 Å². The molecule has 2 amide bonds. The summed E-state index contributed by atoms with van der Waals surface area (Å²) in [6.45, 7) is 6.89. The van der Waals surface area contributed by atoms with Crippen molar-refractivity contribution < 1.29 is 52.7 Å². The molecule has 0 heterocycles. The van der Waals surface area contributed by atoms with Gasteiger partial charge >= 0.3 is 24.4 Å². The van der Waals surface area contributed by atoms with Gasteiger partial charge in [-0.15, -0.1) is 0 Å². The van der Waals surface area contributed by atoms with E-state index in [0.29, 0.717) is 13.1 Å². The summed E-state index contributed by atoms with van der Waals surface area (Å²) >= 11 is 0. The van der Waals surface area contributed by atoms with Gasteiger partial charge in [0.05, 0.1) is 25.7 Å². The average Bonchev–Trinajstić information content (AvgIpc) is 3.26. The Morgan fingerprint density at radius 2 is 1.27 bits per heavy atom. The first kappa shape index (κ1) is 53.5. The normalized spacial score (nSPS) is 10.7. The first-order valence-corrected chi connectivity index (χ1v) is 23.4. The Balaban J connectivity index is 0.000000491. The molecule has 0 aliphatic heterocycles. The van der Waals surface area contributed by atoms with Crippen LogP contribution in [-0.4, -0.2) is 129 Å². The van der Waals surface area contributed by atoms with Gasteiger partial charge in [-0.1, -0.05) is 93.4 Å². The number of ether oxygens (including phenoxy) is 5. The van der Waals surface area contributed by atoms with Crippen LogP contribution in [0.15, 0.2) is 82.6 Å². The van der Waals surface area contributed by atoms with Crippen LogP contribution in [0.2, 0.25) is 0 Å². The van der Waals surface area contributed by atoms with E-state index in [9.17, 15) is 24.5 Å². The van der Waals surface area contributed by atoms with Crippen molar-refractivity contribution in [2.75, 3.05) is 80.1 Å². The molecule has 0 aromatic heterocycles. The van der Waals surface area contributed by atoms with Crippen molar-refractivity contribution in [3.8, 4) is 5.75 Å². The molecule has 0 saturated carbocycles. The van der Waals surface area contributed by atoms with Gasteiger partial charge in [-0.25, -0.2) is 14.4 Å². The number of aliphatic hydroxyl groups is 1. The van der Waals surface area contributed by atoms with Crippen molar-refractivity contribution in [1.29, 1.82) is 0 Å². The van der Waals surface area contributed by atoms with E-state index in [2.05, 4.69) is 28.6 Å². The lowest BCUT2D eigenvalue weighted by atomic mass is 10.2. The second-order valence-electron chi connectivity index (χ2n) is 12.3. The van der Waals surface area contributed by atoms with E-state index < -0.39 is 23.3 Å². The molecular formula is C40H58N5O11S4+. The van der Waals surface area contributed by atoms with Crippen LogP contribution in [0.4, 0.5) is 20.1 Å². The topological polar surface area (TPSA) is 182 Å². The van der Waals surface area contributed by atoms with Gasteiger partial charge in [0.15, 0.2) is 6.54 Å². The quantitative estimate of drug-likeness (QED) is 0.0105. The summed E-state index contributed by atoms with van der Waals surface area (Å²) in [6.07, 6.45) is 0.471. The maximum Gasteiger partial charge on any atom is 0.546 e. The third-order valence-electron chi connectivity index (χ3n) is 7.54. The zero-order valence-electron chi connectivity index (χ0n) is 35.5. The number of carbonyl (C=O) groups excluding carboxylic acids is 3. The summed E-state index contributed by atoms with van der Waals surface area (Å²) in [4.78, 5) is 50.3. The molecular weight excluding hydrogens is 855 g/mol. The molecule has 20 heteroatoms. The lowest BCUT2D eigenvalue weighted by molar-refractivity contribution is -0.513. The fourth-order valence-electron chi connectivity index (χ4n) is 4.10. The molecule has 16 nitrogen and oxygen atoms in total. The van der Waals surface area contributed by atoms with Crippen LogP contribution < -0.4 is 10.1 Å². The molecule has 0 aliphatic rings. The number of nitrogens with zero attached hydrogens (tertiary/aromatic N) is 4. The highest BCUT2D eigenvalue weighted by molar-refractivity contribution is 8.77. The van der Waals surface area contributed by atoms with E-state index >= 15 is 0 Å². The van der Waals surface area contributed by atoms with Crippen LogP contribution in [-0.2, 0) is 32.2 Å². The number of nitro benzene ring substituents is 1. The molecule has 0 radical (unpaired) electrons. The Morgan fingerprint density at radius 1 is 0.767 bits per heavy atom. The smallest absolute Gasteiger partial charge is 0.453 e. The van der Waals surface area contributed by atoms with Crippen LogP contribution in [0, 0.1) is 10.1 Å². The number of aliphatic hydroxyl groups excluding tert-OH is 1. The molecule has 3 aromatic rings. The van der Waals surface area contributed by atoms with E-state index in [0.717, 1.165) is 58.4 Å². The zero-order chi connectivity index (χ0) is 44.7. The van der Waals surface area contributed by atoms with Gasteiger partial charge < -0.3 is 43.9 Å². The number of amides is 2. The molecule has 0 atom stereocenters. The van der Waals surface area contributed by atoms with Crippen molar-refractivity contribution in [2.45, 2.75) is 49.7 Å². The van der Waals surface area contributed by atoms with Crippen LogP contribution in [0.3, 0.4) is 0 Å². The minimum absolute atomic E-state index is 0.0461. The first-order valence-electron chi connectivity index (χ1n) is 18.8. The number of rotatable bonds is 20. The summed E-state index contributed by atoms with van der Waals surface area (Å²) in [6, 6.07) is 20.8. The summed E-state index contributed by atoms with van der Waals surface area (Å²) < 4.78 is 26.4. The van der Waals surface area contributed by atoms with Gasteiger partial charge in [-0.3, -0.25) is 10.1 Å². The zero-order valence-corrected chi connectivity index (χ0v) is 38.7. The van der Waals surface area contributed by atoms with Crippen molar-refractivity contribution in [3.05, 3.63) is 94.0 Å². The van der Waals surface area contributed by atoms with Gasteiger partial charge in [0.2, 0.25) is 0 Å². The van der Waals surface area contributed by atoms with Gasteiger partial charge in [0.1, 0.15) is 26.0 Å². The SMILES string of the molecule is CCCSSc1ccccc1COC(=O)N(C)CCN(C)C(=O)OC.CCCSSc1ccccc1COC(=O)Oc1ccc([N+](=O)[O-])cc1.CNCC[N+](C)=C(O)OC. The first-order chi connectivity index (χ1) is 28.8. The number of hydrogen-bond acceptors (Lipinski definition) is 15. The van der Waals surface area contributed by atoms with Crippen LogP contribution in [0.5, 0.6) is 5.75 Å². The second-order valence-corrected chi connectivity index (χ2v) is 17.2. The summed E-state index contributed by atoms with van der Waals surface area (Å²) in [5.74, 6) is 2.31. The van der Waals surface area contributed by atoms with Gasteiger partial charge in [-0.2, -0.15) is 4.58 Å². The van der Waals surface area contributed by atoms with Crippen LogP contribution in [0.1, 0.15) is 37.8 Å². The van der Waals surface area contributed by atoms with E-state index in [1.54, 1.807) is 68.9 Å². The van der Waals surface area contributed by atoms with Crippen molar-refractivity contribution in [1.82, 2.24) is 15.1 Å². The average molecular weight is 913 g/mol. The predicted molar refractivity (Wildman–Crippen MR) is 241 cm³/mol.